The number of amides is 1. The quantitative estimate of drug-likeness (QED) is 0.553. The van der Waals surface area contributed by atoms with Gasteiger partial charge in [-0.25, -0.2) is 4.79 Å². The highest BCUT2D eigenvalue weighted by molar-refractivity contribution is 5.86. The van der Waals surface area contributed by atoms with Crippen molar-refractivity contribution in [2.24, 2.45) is 5.92 Å². The molecule has 0 bridgehead atoms. The summed E-state index contributed by atoms with van der Waals surface area (Å²) in [6.07, 6.45) is 1.53. The number of carboxylic acid groups (broad SMARTS) is 1. The molecule has 0 aliphatic heterocycles. The maximum Gasteiger partial charge on any atom is 0.326 e. The lowest BCUT2D eigenvalue weighted by Gasteiger charge is -2.17. The lowest BCUT2D eigenvalue weighted by Crippen LogP contribution is -2.45. The van der Waals surface area contributed by atoms with Gasteiger partial charge in [-0.2, -0.15) is 0 Å². The standard InChI is InChI=1S/C12H21NO4/c1-4-5-6-9(12(16)17)13-11(15)10(14)7-8(2)3/h4,8-10,14H,1,5-7H2,2-3H3,(H,13,15)(H,16,17)/t9-,10+/m0/s1. The summed E-state index contributed by atoms with van der Waals surface area (Å²) < 4.78 is 0. The van der Waals surface area contributed by atoms with E-state index >= 15 is 0 Å². The van der Waals surface area contributed by atoms with Crippen molar-refractivity contribution in [3.05, 3.63) is 12.7 Å². The third-order valence-corrected chi connectivity index (χ3v) is 2.27. The number of rotatable bonds is 8. The average molecular weight is 243 g/mol. The van der Waals surface area contributed by atoms with E-state index in [1.54, 1.807) is 6.08 Å². The molecule has 0 fully saturated rings. The summed E-state index contributed by atoms with van der Waals surface area (Å²) in [7, 11) is 0. The fourth-order valence-corrected chi connectivity index (χ4v) is 1.36. The summed E-state index contributed by atoms with van der Waals surface area (Å²) in [4.78, 5) is 22.4. The van der Waals surface area contributed by atoms with Crippen LogP contribution in [-0.2, 0) is 9.59 Å². The Morgan fingerprint density at radius 1 is 1.41 bits per heavy atom. The Bertz CT molecular complexity index is 276. The van der Waals surface area contributed by atoms with Gasteiger partial charge in [-0.3, -0.25) is 4.79 Å². The molecule has 0 aromatic heterocycles. The largest absolute Gasteiger partial charge is 0.480 e. The Morgan fingerprint density at radius 2 is 2.00 bits per heavy atom. The highest BCUT2D eigenvalue weighted by Crippen LogP contribution is 2.06. The van der Waals surface area contributed by atoms with Crippen LogP contribution in [0, 0.1) is 5.92 Å². The van der Waals surface area contributed by atoms with Gasteiger partial charge >= 0.3 is 5.97 Å². The van der Waals surface area contributed by atoms with Gasteiger partial charge in [0.1, 0.15) is 12.1 Å². The fourth-order valence-electron chi connectivity index (χ4n) is 1.36. The molecule has 0 aliphatic carbocycles. The number of aliphatic hydroxyl groups excluding tert-OH is 1. The van der Waals surface area contributed by atoms with Gasteiger partial charge in [-0.15, -0.1) is 6.58 Å². The van der Waals surface area contributed by atoms with Gasteiger partial charge in [0.25, 0.3) is 0 Å². The lowest BCUT2D eigenvalue weighted by atomic mass is 10.0. The first kappa shape index (κ1) is 15.6. The van der Waals surface area contributed by atoms with E-state index in [4.69, 9.17) is 5.11 Å². The minimum atomic E-state index is -1.15. The molecule has 5 heteroatoms. The van der Waals surface area contributed by atoms with E-state index in [1.165, 1.54) is 0 Å². The van der Waals surface area contributed by atoms with Crippen molar-refractivity contribution in [1.29, 1.82) is 0 Å². The maximum absolute atomic E-state index is 11.5. The second kappa shape index (κ2) is 7.84. The maximum atomic E-state index is 11.5. The molecule has 0 rings (SSSR count). The molecule has 0 aliphatic rings. The second-order valence-corrected chi connectivity index (χ2v) is 4.41. The number of carboxylic acids is 1. The van der Waals surface area contributed by atoms with Crippen molar-refractivity contribution in [1.82, 2.24) is 5.32 Å². The highest BCUT2D eigenvalue weighted by atomic mass is 16.4. The molecule has 0 radical (unpaired) electrons. The molecular weight excluding hydrogens is 222 g/mol. The van der Waals surface area contributed by atoms with Crippen LogP contribution >= 0.6 is 0 Å². The zero-order chi connectivity index (χ0) is 13.4. The summed E-state index contributed by atoms with van der Waals surface area (Å²) in [5.41, 5.74) is 0. The zero-order valence-corrected chi connectivity index (χ0v) is 10.3. The van der Waals surface area contributed by atoms with Crippen LogP contribution in [0.1, 0.15) is 33.1 Å². The number of aliphatic hydroxyl groups is 1. The van der Waals surface area contributed by atoms with Crippen molar-refractivity contribution in [3.8, 4) is 0 Å². The van der Waals surface area contributed by atoms with Gasteiger partial charge in [-0.1, -0.05) is 19.9 Å². The molecule has 0 heterocycles. The molecule has 2 atom stereocenters. The smallest absolute Gasteiger partial charge is 0.326 e. The second-order valence-electron chi connectivity index (χ2n) is 4.41. The van der Waals surface area contributed by atoms with Crippen molar-refractivity contribution >= 4 is 11.9 Å². The number of aliphatic carboxylic acids is 1. The van der Waals surface area contributed by atoms with E-state index in [1.807, 2.05) is 13.8 Å². The first-order valence-corrected chi connectivity index (χ1v) is 5.70. The van der Waals surface area contributed by atoms with Crippen molar-refractivity contribution in [2.75, 3.05) is 0 Å². The predicted molar refractivity (Wildman–Crippen MR) is 64.5 cm³/mol. The summed E-state index contributed by atoms with van der Waals surface area (Å²) >= 11 is 0. The van der Waals surface area contributed by atoms with E-state index in [0.717, 1.165) is 0 Å². The van der Waals surface area contributed by atoms with Gasteiger partial charge in [0.2, 0.25) is 5.91 Å². The number of allylic oxidation sites excluding steroid dienone is 1. The van der Waals surface area contributed by atoms with E-state index < -0.39 is 24.0 Å². The Labute approximate surface area is 102 Å². The van der Waals surface area contributed by atoms with Crippen molar-refractivity contribution < 1.29 is 19.8 Å². The van der Waals surface area contributed by atoms with Crippen molar-refractivity contribution in [3.63, 3.8) is 0 Å². The number of hydrogen-bond donors (Lipinski definition) is 3. The third kappa shape index (κ3) is 6.73. The SMILES string of the molecule is C=CCC[C@H](NC(=O)[C@H](O)CC(C)C)C(=O)O. The van der Waals surface area contributed by atoms with Crippen LogP contribution in [0.4, 0.5) is 0 Å². The minimum Gasteiger partial charge on any atom is -0.480 e. The van der Waals surface area contributed by atoms with Gasteiger partial charge in [0.05, 0.1) is 0 Å². The van der Waals surface area contributed by atoms with Crippen LogP contribution < -0.4 is 5.32 Å². The first-order valence-electron chi connectivity index (χ1n) is 5.70. The van der Waals surface area contributed by atoms with E-state index in [9.17, 15) is 14.7 Å². The molecule has 0 spiro atoms. The van der Waals surface area contributed by atoms with Crippen LogP contribution in [0.15, 0.2) is 12.7 Å². The molecule has 0 saturated carbocycles. The predicted octanol–water partition coefficient (Wildman–Crippen LogP) is 0.929. The molecule has 5 nitrogen and oxygen atoms in total. The molecule has 0 aromatic rings. The number of nitrogens with one attached hydrogen (secondary N) is 1. The molecule has 3 N–H and O–H groups in total. The fraction of sp³-hybridized carbons (Fsp3) is 0.667. The highest BCUT2D eigenvalue weighted by Gasteiger charge is 2.23. The van der Waals surface area contributed by atoms with Gasteiger partial charge in [-0.05, 0) is 25.2 Å². The topological polar surface area (TPSA) is 86.6 Å². The van der Waals surface area contributed by atoms with Crippen LogP contribution in [0.5, 0.6) is 0 Å². The molecule has 0 saturated heterocycles. The summed E-state index contributed by atoms with van der Waals surface area (Å²) in [5, 5.41) is 20.7. The summed E-state index contributed by atoms with van der Waals surface area (Å²) in [6, 6.07) is -0.970. The zero-order valence-electron chi connectivity index (χ0n) is 10.3. The van der Waals surface area contributed by atoms with Crippen molar-refractivity contribution in [2.45, 2.75) is 45.3 Å². The molecular formula is C12H21NO4. The summed E-state index contributed by atoms with van der Waals surface area (Å²) in [6.45, 7) is 7.25. The van der Waals surface area contributed by atoms with E-state index in [2.05, 4.69) is 11.9 Å². The van der Waals surface area contributed by atoms with Crippen LogP contribution in [0.2, 0.25) is 0 Å². The summed E-state index contributed by atoms with van der Waals surface area (Å²) in [5.74, 6) is -1.56. The molecule has 0 aromatic carbocycles. The Morgan fingerprint density at radius 3 is 2.41 bits per heavy atom. The third-order valence-electron chi connectivity index (χ3n) is 2.27. The Kier molecular flexibility index (Phi) is 7.21. The Hall–Kier alpha value is -1.36. The minimum absolute atomic E-state index is 0.173. The van der Waals surface area contributed by atoms with Crippen LogP contribution in [-0.4, -0.2) is 34.2 Å². The number of hydrogen-bond acceptors (Lipinski definition) is 3. The van der Waals surface area contributed by atoms with Crippen LogP contribution in [0.3, 0.4) is 0 Å². The molecule has 17 heavy (non-hydrogen) atoms. The molecule has 98 valence electrons. The molecule has 0 unspecified atom stereocenters. The monoisotopic (exact) mass is 243 g/mol. The number of carbonyl (C=O) groups is 2. The van der Waals surface area contributed by atoms with Gasteiger partial charge in [0.15, 0.2) is 0 Å². The molecule has 1 amide bonds. The van der Waals surface area contributed by atoms with E-state index in [0.29, 0.717) is 12.8 Å². The number of carbonyl (C=O) groups excluding carboxylic acids is 1. The average Bonchev–Trinajstić information content (AvgIpc) is 2.22. The van der Waals surface area contributed by atoms with Gasteiger partial charge in [0, 0.05) is 0 Å². The normalized spacial score (nSPS) is 14.1. The first-order chi connectivity index (χ1) is 7.88. The van der Waals surface area contributed by atoms with E-state index in [-0.39, 0.29) is 12.3 Å². The Balaban J connectivity index is 4.29. The van der Waals surface area contributed by atoms with Gasteiger partial charge < -0.3 is 15.5 Å². The lowest BCUT2D eigenvalue weighted by molar-refractivity contribution is -0.143. The van der Waals surface area contributed by atoms with Crippen LogP contribution in [0.25, 0.3) is 0 Å².